The van der Waals surface area contributed by atoms with Gasteiger partial charge in [-0.2, -0.15) is 0 Å². The largest absolute Gasteiger partial charge is 0.335 e. The third-order valence-electron chi connectivity index (χ3n) is 2.37. The van der Waals surface area contributed by atoms with Crippen LogP contribution in [0, 0.1) is 0 Å². The van der Waals surface area contributed by atoms with Gasteiger partial charge in [0.15, 0.2) is 0 Å². The molecule has 5 heteroatoms. The summed E-state index contributed by atoms with van der Waals surface area (Å²) in [4.78, 5) is 14.2. The number of alkyl halides is 1. The fraction of sp³-hybridized carbons (Fsp3) is 0.417. The number of carbonyl (C=O) groups is 1. The standard InChI is InChI=1S/C12H14Br3NO/c1-8(2)16(6-5-13)12(17)10-4-3-9(14)7-11(10)15/h3-4,7-8H,5-6H2,1-2H3. The van der Waals surface area contributed by atoms with Crippen molar-refractivity contribution in [2.45, 2.75) is 19.9 Å². The minimum Gasteiger partial charge on any atom is -0.335 e. The van der Waals surface area contributed by atoms with Crippen molar-refractivity contribution in [1.29, 1.82) is 0 Å². The summed E-state index contributed by atoms with van der Waals surface area (Å²) in [6.07, 6.45) is 0. The molecule has 0 heterocycles. The fourth-order valence-corrected chi connectivity index (χ4v) is 3.10. The molecule has 1 rings (SSSR count). The van der Waals surface area contributed by atoms with E-state index in [1.54, 1.807) is 0 Å². The van der Waals surface area contributed by atoms with E-state index in [0.29, 0.717) is 12.1 Å². The second-order valence-electron chi connectivity index (χ2n) is 3.91. The molecule has 0 atom stereocenters. The average Bonchev–Trinajstić information content (AvgIpc) is 2.24. The molecule has 0 saturated heterocycles. The molecule has 1 aromatic rings. The first-order valence-corrected chi connectivity index (χ1v) is 8.00. The summed E-state index contributed by atoms with van der Waals surface area (Å²) in [5.74, 6) is 0.0545. The molecule has 1 aromatic carbocycles. The van der Waals surface area contributed by atoms with Gasteiger partial charge in [0.25, 0.3) is 5.91 Å². The van der Waals surface area contributed by atoms with E-state index in [1.165, 1.54) is 0 Å². The van der Waals surface area contributed by atoms with E-state index in [9.17, 15) is 4.79 Å². The lowest BCUT2D eigenvalue weighted by atomic mass is 10.2. The van der Waals surface area contributed by atoms with Gasteiger partial charge in [-0.05, 0) is 48.0 Å². The van der Waals surface area contributed by atoms with Gasteiger partial charge in [0.05, 0.1) is 5.56 Å². The number of nitrogens with zero attached hydrogens (tertiary/aromatic N) is 1. The van der Waals surface area contributed by atoms with Crippen LogP contribution in [0.5, 0.6) is 0 Å². The lowest BCUT2D eigenvalue weighted by molar-refractivity contribution is 0.0718. The van der Waals surface area contributed by atoms with Gasteiger partial charge < -0.3 is 4.90 Å². The van der Waals surface area contributed by atoms with Crippen LogP contribution in [-0.2, 0) is 0 Å². The number of hydrogen-bond acceptors (Lipinski definition) is 1. The van der Waals surface area contributed by atoms with E-state index in [1.807, 2.05) is 36.9 Å². The van der Waals surface area contributed by atoms with E-state index in [2.05, 4.69) is 47.8 Å². The summed E-state index contributed by atoms with van der Waals surface area (Å²) >= 11 is 10.2. The van der Waals surface area contributed by atoms with Crippen molar-refractivity contribution in [2.75, 3.05) is 11.9 Å². The Morgan fingerprint density at radius 1 is 1.35 bits per heavy atom. The Balaban J connectivity index is 3.01. The van der Waals surface area contributed by atoms with Crippen molar-refractivity contribution in [2.24, 2.45) is 0 Å². The molecule has 0 aliphatic rings. The van der Waals surface area contributed by atoms with Crippen LogP contribution in [0.2, 0.25) is 0 Å². The van der Waals surface area contributed by atoms with E-state index in [-0.39, 0.29) is 11.9 Å². The van der Waals surface area contributed by atoms with Gasteiger partial charge in [0, 0.05) is 26.9 Å². The molecule has 0 bridgehead atoms. The summed E-state index contributed by atoms with van der Waals surface area (Å²) < 4.78 is 1.77. The zero-order chi connectivity index (χ0) is 13.0. The highest BCUT2D eigenvalue weighted by molar-refractivity contribution is 9.11. The second kappa shape index (κ2) is 6.90. The van der Waals surface area contributed by atoms with Crippen molar-refractivity contribution >= 4 is 53.7 Å². The van der Waals surface area contributed by atoms with Crippen LogP contribution in [0.15, 0.2) is 27.1 Å². The zero-order valence-corrected chi connectivity index (χ0v) is 14.5. The van der Waals surface area contributed by atoms with Crippen molar-refractivity contribution in [1.82, 2.24) is 4.90 Å². The Labute approximate surface area is 127 Å². The molecule has 0 fully saturated rings. The normalized spacial score (nSPS) is 10.7. The quantitative estimate of drug-likeness (QED) is 0.650. The lowest BCUT2D eigenvalue weighted by Crippen LogP contribution is -2.38. The van der Waals surface area contributed by atoms with Gasteiger partial charge in [0.2, 0.25) is 0 Å². The van der Waals surface area contributed by atoms with Crippen LogP contribution in [0.3, 0.4) is 0 Å². The molecule has 0 spiro atoms. The Morgan fingerprint density at radius 3 is 2.47 bits per heavy atom. The lowest BCUT2D eigenvalue weighted by Gasteiger charge is -2.26. The molecular weight excluding hydrogens is 414 g/mol. The summed E-state index contributed by atoms with van der Waals surface area (Å²) in [5.41, 5.74) is 0.697. The minimum absolute atomic E-state index is 0.0545. The third kappa shape index (κ3) is 4.07. The molecular formula is C12H14Br3NO. The first-order valence-electron chi connectivity index (χ1n) is 5.29. The molecule has 0 aliphatic heterocycles. The molecule has 0 unspecified atom stereocenters. The number of benzene rings is 1. The highest BCUT2D eigenvalue weighted by atomic mass is 79.9. The highest BCUT2D eigenvalue weighted by Gasteiger charge is 2.20. The van der Waals surface area contributed by atoms with Crippen LogP contribution in [0.25, 0.3) is 0 Å². The number of amides is 1. The van der Waals surface area contributed by atoms with Crippen LogP contribution >= 0.6 is 47.8 Å². The van der Waals surface area contributed by atoms with Crippen LogP contribution < -0.4 is 0 Å². The first kappa shape index (κ1) is 15.2. The number of carbonyl (C=O) groups excluding carboxylic acids is 1. The van der Waals surface area contributed by atoms with Crippen LogP contribution in [0.4, 0.5) is 0 Å². The molecule has 0 radical (unpaired) electrons. The summed E-state index contributed by atoms with van der Waals surface area (Å²) in [6.45, 7) is 4.75. The maximum Gasteiger partial charge on any atom is 0.255 e. The van der Waals surface area contributed by atoms with Gasteiger partial charge in [-0.25, -0.2) is 0 Å². The van der Waals surface area contributed by atoms with Gasteiger partial charge in [-0.3, -0.25) is 4.79 Å². The Kier molecular flexibility index (Phi) is 6.17. The van der Waals surface area contributed by atoms with Crippen molar-refractivity contribution in [3.05, 3.63) is 32.7 Å². The smallest absolute Gasteiger partial charge is 0.255 e. The molecule has 0 aliphatic carbocycles. The van der Waals surface area contributed by atoms with E-state index in [0.717, 1.165) is 14.3 Å². The van der Waals surface area contributed by atoms with Crippen LogP contribution in [0.1, 0.15) is 24.2 Å². The predicted molar refractivity (Wildman–Crippen MR) is 81.8 cm³/mol. The highest BCUT2D eigenvalue weighted by Crippen LogP contribution is 2.23. The molecule has 0 saturated carbocycles. The van der Waals surface area contributed by atoms with Gasteiger partial charge in [-0.15, -0.1) is 0 Å². The first-order chi connectivity index (χ1) is 7.97. The zero-order valence-electron chi connectivity index (χ0n) is 9.71. The minimum atomic E-state index is 0.0545. The SMILES string of the molecule is CC(C)N(CCBr)C(=O)c1ccc(Br)cc1Br. The second-order valence-corrected chi connectivity index (χ2v) is 6.47. The predicted octanol–water partition coefficient (Wildman–Crippen LogP) is 4.46. The number of hydrogen-bond donors (Lipinski definition) is 0. The van der Waals surface area contributed by atoms with Gasteiger partial charge in [0.1, 0.15) is 0 Å². The molecule has 0 aromatic heterocycles. The topological polar surface area (TPSA) is 20.3 Å². The molecule has 2 nitrogen and oxygen atoms in total. The monoisotopic (exact) mass is 425 g/mol. The molecule has 0 N–H and O–H groups in total. The van der Waals surface area contributed by atoms with E-state index in [4.69, 9.17) is 0 Å². The number of rotatable bonds is 4. The van der Waals surface area contributed by atoms with Gasteiger partial charge in [-0.1, -0.05) is 31.9 Å². The summed E-state index contributed by atoms with van der Waals surface area (Å²) in [7, 11) is 0. The van der Waals surface area contributed by atoms with E-state index < -0.39 is 0 Å². The van der Waals surface area contributed by atoms with Crippen molar-refractivity contribution in [3.63, 3.8) is 0 Å². The van der Waals surface area contributed by atoms with Crippen LogP contribution in [-0.4, -0.2) is 28.7 Å². The average molecular weight is 428 g/mol. The van der Waals surface area contributed by atoms with Gasteiger partial charge >= 0.3 is 0 Å². The maximum atomic E-state index is 12.4. The summed E-state index contributed by atoms with van der Waals surface area (Å²) in [6, 6.07) is 5.79. The third-order valence-corrected chi connectivity index (χ3v) is 3.88. The molecule has 1 amide bonds. The molecule has 94 valence electrons. The number of halogens is 3. The molecule has 17 heavy (non-hydrogen) atoms. The fourth-order valence-electron chi connectivity index (χ4n) is 1.50. The Bertz CT molecular complexity index is 407. The Morgan fingerprint density at radius 2 is 2.00 bits per heavy atom. The van der Waals surface area contributed by atoms with E-state index >= 15 is 0 Å². The Hall–Kier alpha value is 0.130. The van der Waals surface area contributed by atoms with Crippen molar-refractivity contribution in [3.8, 4) is 0 Å². The van der Waals surface area contributed by atoms with Crippen molar-refractivity contribution < 1.29 is 4.79 Å². The summed E-state index contributed by atoms with van der Waals surface area (Å²) in [5, 5.41) is 0.783. The maximum absolute atomic E-state index is 12.4.